The van der Waals surface area contributed by atoms with Gasteiger partial charge in [0.1, 0.15) is 17.0 Å². The van der Waals surface area contributed by atoms with E-state index in [1.165, 1.54) is 16.8 Å². The summed E-state index contributed by atoms with van der Waals surface area (Å²) in [7, 11) is 3.96. The number of rotatable bonds is 4. The third-order valence-corrected chi connectivity index (χ3v) is 6.37. The van der Waals surface area contributed by atoms with Crippen molar-refractivity contribution in [2.24, 2.45) is 7.05 Å². The first kappa shape index (κ1) is 17.6. The minimum atomic E-state index is -0.351. The van der Waals surface area contributed by atoms with Crippen molar-refractivity contribution in [2.75, 3.05) is 7.11 Å². The summed E-state index contributed by atoms with van der Waals surface area (Å²) in [5.74, 6) is 1.30. The molecule has 2 atom stereocenters. The molecule has 0 spiro atoms. The molecule has 2 aliphatic rings. The summed E-state index contributed by atoms with van der Waals surface area (Å²) >= 11 is 0. The zero-order valence-corrected chi connectivity index (χ0v) is 17.0. The van der Waals surface area contributed by atoms with E-state index in [9.17, 15) is 0 Å². The number of hydrogen-bond acceptors (Lipinski definition) is 3. The van der Waals surface area contributed by atoms with E-state index in [4.69, 9.17) is 9.47 Å². The number of aryl methyl sites for hydroxylation is 1. The number of allylic oxidation sites excluding steroid dienone is 1. The maximum atomic E-state index is 6.24. The predicted octanol–water partition coefficient (Wildman–Crippen LogP) is 4.70. The Labute approximate surface area is 165 Å². The number of aromatic nitrogens is 3. The van der Waals surface area contributed by atoms with Crippen LogP contribution in [0.1, 0.15) is 43.9 Å². The third-order valence-electron chi connectivity index (χ3n) is 6.37. The van der Waals surface area contributed by atoms with Gasteiger partial charge in [0.2, 0.25) is 0 Å². The number of ether oxygens (including phenoxy) is 2. The maximum absolute atomic E-state index is 6.24. The Bertz CT molecular complexity index is 1040. The molecule has 2 aliphatic carbocycles. The number of fused-ring (bicyclic) bond motifs is 4. The summed E-state index contributed by atoms with van der Waals surface area (Å²) in [6.45, 7) is 4.16. The Morgan fingerprint density at radius 2 is 2.21 bits per heavy atom. The molecular weight excluding hydrogens is 350 g/mol. The van der Waals surface area contributed by atoms with E-state index in [1.807, 2.05) is 19.4 Å². The molecule has 2 unspecified atom stereocenters. The summed E-state index contributed by atoms with van der Waals surface area (Å²) in [5, 5.41) is 1.14. The SMILES string of the molecule is COC12CCC1c1c(-c3cc4cccnc4[nH]3)cn(C)c1CC=C2OC(C)C. The molecule has 1 fully saturated rings. The molecule has 0 aliphatic heterocycles. The molecule has 0 aromatic carbocycles. The molecule has 0 radical (unpaired) electrons. The Morgan fingerprint density at radius 3 is 2.89 bits per heavy atom. The van der Waals surface area contributed by atoms with E-state index in [-0.39, 0.29) is 11.7 Å². The van der Waals surface area contributed by atoms with Crippen LogP contribution in [0.5, 0.6) is 0 Å². The zero-order chi connectivity index (χ0) is 19.5. The van der Waals surface area contributed by atoms with Crippen LogP contribution in [0.4, 0.5) is 0 Å². The Hall–Kier alpha value is -2.53. The van der Waals surface area contributed by atoms with Gasteiger partial charge in [0.25, 0.3) is 0 Å². The molecule has 5 nitrogen and oxygen atoms in total. The average Bonchev–Trinajstić information content (AvgIpc) is 3.18. The van der Waals surface area contributed by atoms with Crippen molar-refractivity contribution in [3.8, 4) is 11.3 Å². The third kappa shape index (κ3) is 2.39. The van der Waals surface area contributed by atoms with Gasteiger partial charge in [-0.05, 0) is 56.5 Å². The lowest BCUT2D eigenvalue weighted by atomic mass is 9.64. The van der Waals surface area contributed by atoms with Crippen LogP contribution in [0.2, 0.25) is 0 Å². The average molecular weight is 377 g/mol. The molecule has 1 saturated carbocycles. The van der Waals surface area contributed by atoms with E-state index < -0.39 is 0 Å². The van der Waals surface area contributed by atoms with E-state index in [0.717, 1.165) is 41.7 Å². The highest BCUT2D eigenvalue weighted by atomic mass is 16.5. The van der Waals surface area contributed by atoms with Gasteiger partial charge < -0.3 is 19.0 Å². The van der Waals surface area contributed by atoms with Crippen molar-refractivity contribution in [3.63, 3.8) is 0 Å². The Balaban J connectivity index is 1.66. The smallest absolute Gasteiger partial charge is 0.137 e. The van der Waals surface area contributed by atoms with Crippen molar-refractivity contribution in [1.82, 2.24) is 14.5 Å². The van der Waals surface area contributed by atoms with Crippen LogP contribution in [-0.2, 0) is 22.9 Å². The minimum absolute atomic E-state index is 0.139. The van der Waals surface area contributed by atoms with Gasteiger partial charge in [0, 0.05) is 61.2 Å². The highest BCUT2D eigenvalue weighted by molar-refractivity contribution is 5.84. The molecule has 146 valence electrons. The standard InChI is InChI=1S/C23H27N3O2/c1-14(2)28-20-8-7-19-21(17-9-10-23(17,20)27-4)16(13-26(19)3)18-12-15-6-5-11-24-22(15)25-18/h5-6,8,11-14,17H,7,9-10H2,1-4H3,(H,24,25). The maximum Gasteiger partial charge on any atom is 0.137 e. The van der Waals surface area contributed by atoms with Gasteiger partial charge in [-0.1, -0.05) is 0 Å². The Kier molecular flexibility index (Phi) is 3.91. The number of H-pyrrole nitrogens is 1. The van der Waals surface area contributed by atoms with Gasteiger partial charge in [-0.25, -0.2) is 4.98 Å². The molecule has 28 heavy (non-hydrogen) atoms. The van der Waals surface area contributed by atoms with Gasteiger partial charge in [-0.3, -0.25) is 0 Å². The fraction of sp³-hybridized carbons (Fsp3) is 0.435. The number of hydrogen-bond donors (Lipinski definition) is 1. The van der Waals surface area contributed by atoms with Gasteiger partial charge in [-0.15, -0.1) is 0 Å². The van der Waals surface area contributed by atoms with Crippen molar-refractivity contribution < 1.29 is 9.47 Å². The van der Waals surface area contributed by atoms with Gasteiger partial charge in [0.15, 0.2) is 0 Å². The number of aromatic amines is 1. The van der Waals surface area contributed by atoms with Gasteiger partial charge in [0.05, 0.1) is 6.10 Å². The number of nitrogens with one attached hydrogen (secondary N) is 1. The van der Waals surface area contributed by atoms with E-state index >= 15 is 0 Å². The summed E-state index contributed by atoms with van der Waals surface area (Å²) in [5.41, 5.74) is 5.68. The second-order valence-electron chi connectivity index (χ2n) is 8.26. The fourth-order valence-electron chi connectivity index (χ4n) is 4.98. The zero-order valence-electron chi connectivity index (χ0n) is 17.0. The van der Waals surface area contributed by atoms with Crippen LogP contribution in [0.25, 0.3) is 22.3 Å². The minimum Gasteiger partial charge on any atom is -0.493 e. The van der Waals surface area contributed by atoms with Crippen molar-refractivity contribution in [3.05, 3.63) is 53.7 Å². The second kappa shape index (κ2) is 6.24. The highest BCUT2D eigenvalue weighted by Gasteiger charge is 2.55. The molecule has 0 saturated heterocycles. The monoisotopic (exact) mass is 377 g/mol. The predicted molar refractivity (Wildman–Crippen MR) is 110 cm³/mol. The molecule has 3 heterocycles. The first-order valence-corrected chi connectivity index (χ1v) is 10.1. The summed E-state index contributed by atoms with van der Waals surface area (Å²) < 4.78 is 14.7. The summed E-state index contributed by atoms with van der Waals surface area (Å²) in [6, 6.07) is 6.28. The molecule has 3 aromatic heterocycles. The lowest BCUT2D eigenvalue weighted by Gasteiger charge is -2.49. The summed E-state index contributed by atoms with van der Waals surface area (Å²) in [4.78, 5) is 7.99. The topological polar surface area (TPSA) is 52.1 Å². The van der Waals surface area contributed by atoms with Gasteiger partial charge in [-0.2, -0.15) is 0 Å². The van der Waals surface area contributed by atoms with Crippen LogP contribution in [0, 0.1) is 0 Å². The van der Waals surface area contributed by atoms with Crippen LogP contribution < -0.4 is 0 Å². The molecule has 3 aromatic rings. The first-order valence-electron chi connectivity index (χ1n) is 10.1. The molecule has 1 N–H and O–H groups in total. The van der Waals surface area contributed by atoms with Crippen LogP contribution >= 0.6 is 0 Å². The number of methoxy groups -OCH3 is 1. The first-order chi connectivity index (χ1) is 13.5. The van der Waals surface area contributed by atoms with Crippen molar-refractivity contribution in [2.45, 2.75) is 50.7 Å². The van der Waals surface area contributed by atoms with Crippen LogP contribution in [-0.4, -0.2) is 33.3 Å². The molecule has 0 amide bonds. The Morgan fingerprint density at radius 1 is 1.36 bits per heavy atom. The van der Waals surface area contributed by atoms with Crippen LogP contribution in [0.3, 0.4) is 0 Å². The van der Waals surface area contributed by atoms with Crippen molar-refractivity contribution >= 4 is 11.0 Å². The number of pyridine rings is 1. The van der Waals surface area contributed by atoms with Crippen molar-refractivity contribution in [1.29, 1.82) is 0 Å². The van der Waals surface area contributed by atoms with E-state index in [0.29, 0.717) is 5.92 Å². The quantitative estimate of drug-likeness (QED) is 0.717. The van der Waals surface area contributed by atoms with Crippen LogP contribution in [0.15, 0.2) is 42.4 Å². The largest absolute Gasteiger partial charge is 0.493 e. The molecule has 5 rings (SSSR count). The lowest BCUT2D eigenvalue weighted by molar-refractivity contribution is -0.104. The highest BCUT2D eigenvalue weighted by Crippen LogP contribution is 2.57. The number of nitrogens with zero attached hydrogens (tertiary/aromatic N) is 2. The normalized spacial score (nSPS) is 23.8. The molecular formula is C23H27N3O2. The summed E-state index contributed by atoms with van der Waals surface area (Å²) in [6.07, 6.45) is 9.40. The second-order valence-corrected chi connectivity index (χ2v) is 8.26. The lowest BCUT2D eigenvalue weighted by Crippen LogP contribution is -2.49. The molecule has 5 heteroatoms. The molecule has 0 bridgehead atoms. The van der Waals surface area contributed by atoms with E-state index in [2.05, 4.69) is 59.8 Å². The van der Waals surface area contributed by atoms with E-state index in [1.54, 1.807) is 0 Å². The fourth-order valence-corrected chi connectivity index (χ4v) is 4.98. The van der Waals surface area contributed by atoms with Gasteiger partial charge >= 0.3 is 0 Å².